The van der Waals surface area contributed by atoms with Crippen LogP contribution in [0.4, 0.5) is 18.0 Å². The van der Waals surface area contributed by atoms with Crippen LogP contribution < -0.4 is 10.6 Å². The standard InChI is InChI=1S/C20H25F3N6O2/c1-2-31-19(30)29-15(11-3-5-12(6-4-11)26-10-20(21,22)23)18-27-14-9-25-17-13(7-8-24-17)16(14)28-18/h7-9,11-12,15,26H,2-6,10H2,1H3,(H,24,25)(H,27,28)(H,29,30). The van der Waals surface area contributed by atoms with Gasteiger partial charge in [0, 0.05) is 17.6 Å². The van der Waals surface area contributed by atoms with Crippen molar-refractivity contribution in [3.63, 3.8) is 0 Å². The molecule has 0 aliphatic heterocycles. The van der Waals surface area contributed by atoms with Gasteiger partial charge in [0.25, 0.3) is 0 Å². The second-order valence-electron chi connectivity index (χ2n) is 7.83. The smallest absolute Gasteiger partial charge is 0.407 e. The molecular weight excluding hydrogens is 413 g/mol. The number of fused-ring (bicyclic) bond motifs is 3. The van der Waals surface area contributed by atoms with Crippen LogP contribution in [0, 0.1) is 5.92 Å². The van der Waals surface area contributed by atoms with E-state index in [-0.39, 0.29) is 18.6 Å². The third-order valence-corrected chi connectivity index (χ3v) is 5.73. The fourth-order valence-corrected chi connectivity index (χ4v) is 4.27. The number of alkyl halides is 3. The number of nitrogens with zero attached hydrogens (tertiary/aromatic N) is 2. The van der Waals surface area contributed by atoms with Gasteiger partial charge in [0.1, 0.15) is 17.0 Å². The number of aromatic nitrogens is 4. The van der Waals surface area contributed by atoms with Crippen LogP contribution in [0.5, 0.6) is 0 Å². The molecule has 0 spiro atoms. The van der Waals surface area contributed by atoms with Gasteiger partial charge in [-0.05, 0) is 44.6 Å². The van der Waals surface area contributed by atoms with E-state index in [1.165, 1.54) is 0 Å². The molecule has 4 N–H and O–H groups in total. The fraction of sp³-hybridized carbons (Fsp3) is 0.550. The molecule has 0 aromatic carbocycles. The number of ether oxygens (including phenoxy) is 1. The van der Waals surface area contributed by atoms with Gasteiger partial charge in [-0.2, -0.15) is 13.2 Å². The largest absolute Gasteiger partial charge is 0.450 e. The maximum absolute atomic E-state index is 12.5. The molecule has 3 aromatic heterocycles. The lowest BCUT2D eigenvalue weighted by Crippen LogP contribution is -2.42. The van der Waals surface area contributed by atoms with Crippen molar-refractivity contribution >= 4 is 28.2 Å². The van der Waals surface area contributed by atoms with E-state index < -0.39 is 24.9 Å². The average Bonchev–Trinajstić information content (AvgIpc) is 3.37. The lowest BCUT2D eigenvalue weighted by molar-refractivity contribution is -0.126. The summed E-state index contributed by atoms with van der Waals surface area (Å²) in [5.41, 5.74) is 2.22. The van der Waals surface area contributed by atoms with Gasteiger partial charge in [-0.1, -0.05) is 0 Å². The zero-order chi connectivity index (χ0) is 22.0. The molecular formula is C20H25F3N6O2. The molecule has 0 saturated heterocycles. The van der Waals surface area contributed by atoms with Gasteiger partial charge < -0.3 is 25.3 Å². The molecule has 3 heterocycles. The Balaban J connectivity index is 1.54. The van der Waals surface area contributed by atoms with Crippen LogP contribution in [-0.4, -0.2) is 51.4 Å². The van der Waals surface area contributed by atoms with Crippen LogP contribution in [0.25, 0.3) is 22.1 Å². The Labute approximate surface area is 176 Å². The zero-order valence-electron chi connectivity index (χ0n) is 17.1. The number of hydrogen-bond donors (Lipinski definition) is 4. The van der Waals surface area contributed by atoms with Crippen LogP contribution in [0.3, 0.4) is 0 Å². The molecule has 8 nitrogen and oxygen atoms in total. The third kappa shape index (κ3) is 4.92. The van der Waals surface area contributed by atoms with E-state index in [9.17, 15) is 18.0 Å². The highest BCUT2D eigenvalue weighted by Crippen LogP contribution is 2.35. The van der Waals surface area contributed by atoms with E-state index in [1.54, 1.807) is 19.3 Å². The van der Waals surface area contributed by atoms with Crippen molar-refractivity contribution in [1.82, 2.24) is 30.6 Å². The number of rotatable bonds is 6. The Morgan fingerprint density at radius 3 is 2.81 bits per heavy atom. The van der Waals surface area contributed by atoms with Gasteiger partial charge in [-0.3, -0.25) is 0 Å². The molecule has 4 rings (SSSR count). The van der Waals surface area contributed by atoms with Gasteiger partial charge in [-0.15, -0.1) is 0 Å². The Bertz CT molecular complexity index is 1040. The molecule has 1 aliphatic rings. The number of H-pyrrole nitrogens is 2. The molecule has 11 heteroatoms. The molecule has 1 aliphatic carbocycles. The van der Waals surface area contributed by atoms with Gasteiger partial charge in [0.05, 0.1) is 30.9 Å². The fourth-order valence-electron chi connectivity index (χ4n) is 4.27. The Morgan fingerprint density at radius 2 is 2.10 bits per heavy atom. The van der Waals surface area contributed by atoms with Crippen LogP contribution in [0.1, 0.15) is 44.5 Å². The molecule has 1 saturated carbocycles. The summed E-state index contributed by atoms with van der Waals surface area (Å²) in [4.78, 5) is 27.6. The first-order valence-corrected chi connectivity index (χ1v) is 10.4. The summed E-state index contributed by atoms with van der Waals surface area (Å²) in [6.45, 7) is 0.971. The van der Waals surface area contributed by atoms with Gasteiger partial charge in [-0.25, -0.2) is 14.8 Å². The van der Waals surface area contributed by atoms with E-state index >= 15 is 0 Å². The predicted octanol–water partition coefficient (Wildman–Crippen LogP) is 3.94. The molecule has 1 amide bonds. The Kier molecular flexibility index (Phi) is 6.03. The van der Waals surface area contributed by atoms with Gasteiger partial charge in [0.2, 0.25) is 0 Å². The number of nitrogens with one attached hydrogen (secondary N) is 4. The summed E-state index contributed by atoms with van der Waals surface area (Å²) in [7, 11) is 0. The van der Waals surface area contributed by atoms with E-state index in [4.69, 9.17) is 9.72 Å². The summed E-state index contributed by atoms with van der Waals surface area (Å²) >= 11 is 0. The van der Waals surface area contributed by atoms with Crippen molar-refractivity contribution in [2.75, 3.05) is 13.2 Å². The Morgan fingerprint density at radius 1 is 1.32 bits per heavy atom. The minimum atomic E-state index is -4.23. The van der Waals surface area contributed by atoms with E-state index in [0.717, 1.165) is 22.1 Å². The third-order valence-electron chi connectivity index (χ3n) is 5.73. The summed E-state index contributed by atoms with van der Waals surface area (Å²) in [6.07, 6.45) is 1.19. The van der Waals surface area contributed by atoms with Crippen molar-refractivity contribution in [2.24, 2.45) is 5.92 Å². The molecule has 3 aromatic rings. The monoisotopic (exact) mass is 438 g/mol. The number of hydrogen-bond acceptors (Lipinski definition) is 5. The van der Waals surface area contributed by atoms with Crippen molar-refractivity contribution in [1.29, 1.82) is 0 Å². The van der Waals surface area contributed by atoms with E-state index in [1.807, 2.05) is 6.07 Å². The predicted molar refractivity (Wildman–Crippen MR) is 108 cm³/mol. The Hall–Kier alpha value is -2.82. The van der Waals surface area contributed by atoms with Crippen molar-refractivity contribution in [3.8, 4) is 0 Å². The molecule has 168 valence electrons. The highest BCUT2D eigenvalue weighted by molar-refractivity contribution is 6.00. The van der Waals surface area contributed by atoms with E-state index in [0.29, 0.717) is 31.5 Å². The van der Waals surface area contributed by atoms with Gasteiger partial charge in [0.15, 0.2) is 0 Å². The van der Waals surface area contributed by atoms with Gasteiger partial charge >= 0.3 is 12.3 Å². The number of carbonyl (C=O) groups is 1. The number of aromatic amines is 2. The van der Waals surface area contributed by atoms with Crippen LogP contribution in [-0.2, 0) is 4.74 Å². The summed E-state index contributed by atoms with van der Waals surface area (Å²) < 4.78 is 42.6. The number of carbonyl (C=O) groups excluding carboxylic acids is 1. The highest BCUT2D eigenvalue weighted by Gasteiger charge is 2.34. The molecule has 0 radical (unpaired) electrons. The summed E-state index contributed by atoms with van der Waals surface area (Å²) in [5.74, 6) is 0.605. The van der Waals surface area contributed by atoms with Crippen molar-refractivity contribution in [2.45, 2.75) is 50.9 Å². The number of pyridine rings is 1. The van der Waals surface area contributed by atoms with Crippen molar-refractivity contribution in [3.05, 3.63) is 24.3 Å². The lowest BCUT2D eigenvalue weighted by Gasteiger charge is -2.33. The molecule has 0 bridgehead atoms. The number of halogens is 3. The van der Waals surface area contributed by atoms with Crippen molar-refractivity contribution < 1.29 is 22.7 Å². The normalized spacial score (nSPS) is 20.8. The van der Waals surface area contributed by atoms with Crippen LogP contribution in [0.2, 0.25) is 0 Å². The summed E-state index contributed by atoms with van der Waals surface area (Å²) in [6, 6.07) is 1.25. The highest BCUT2D eigenvalue weighted by atomic mass is 19.4. The van der Waals surface area contributed by atoms with Crippen LogP contribution >= 0.6 is 0 Å². The molecule has 31 heavy (non-hydrogen) atoms. The lowest BCUT2D eigenvalue weighted by atomic mass is 9.81. The van der Waals surface area contributed by atoms with Crippen LogP contribution in [0.15, 0.2) is 18.5 Å². The second-order valence-corrected chi connectivity index (χ2v) is 7.83. The van der Waals surface area contributed by atoms with E-state index in [2.05, 4.69) is 25.6 Å². The minimum absolute atomic E-state index is 0.0172. The first-order valence-electron chi connectivity index (χ1n) is 10.4. The quantitative estimate of drug-likeness (QED) is 0.466. The number of imidazole rings is 1. The zero-order valence-corrected chi connectivity index (χ0v) is 17.1. The first-order chi connectivity index (χ1) is 14.8. The summed E-state index contributed by atoms with van der Waals surface area (Å²) in [5, 5.41) is 6.35. The molecule has 1 fully saturated rings. The number of amides is 1. The topological polar surface area (TPSA) is 108 Å². The maximum Gasteiger partial charge on any atom is 0.407 e. The maximum atomic E-state index is 12.5. The minimum Gasteiger partial charge on any atom is -0.450 e. The molecule has 1 atom stereocenters. The number of alkyl carbamates (subject to hydrolysis) is 1. The SMILES string of the molecule is CCOC(=O)NC(c1nc2c(cnc3[nH]ccc32)[nH]1)C1CCC(NCC(F)(F)F)CC1. The average molecular weight is 438 g/mol. The molecule has 1 unspecified atom stereocenters. The first kappa shape index (κ1) is 21.4. The second kappa shape index (κ2) is 8.74.